The van der Waals surface area contributed by atoms with Crippen LogP contribution in [0.1, 0.15) is 49.0 Å². The summed E-state index contributed by atoms with van der Waals surface area (Å²) in [6.07, 6.45) is -4.75. The van der Waals surface area contributed by atoms with E-state index in [9.17, 15) is 18.0 Å². The number of hydrogen-bond donors (Lipinski definition) is 0. The molecule has 0 amide bonds. The lowest BCUT2D eigenvalue weighted by molar-refractivity contribution is -0.274. The summed E-state index contributed by atoms with van der Waals surface area (Å²) < 4.78 is 54.0. The van der Waals surface area contributed by atoms with Gasteiger partial charge in [-0.15, -0.1) is 13.2 Å². The van der Waals surface area contributed by atoms with Crippen molar-refractivity contribution >= 4 is 5.97 Å². The summed E-state index contributed by atoms with van der Waals surface area (Å²) in [7, 11) is 1.50. The van der Waals surface area contributed by atoms with Crippen LogP contribution >= 0.6 is 0 Å². The lowest BCUT2D eigenvalue weighted by Gasteiger charge is -2.37. The quantitative estimate of drug-likeness (QED) is 0.158. The molecule has 0 saturated carbocycles. The van der Waals surface area contributed by atoms with Crippen molar-refractivity contribution in [1.29, 1.82) is 0 Å². The van der Waals surface area contributed by atoms with Crippen LogP contribution in [0.15, 0.2) is 103 Å². The Hall–Kier alpha value is -4.30. The number of alkyl halides is 3. The molecule has 5 nitrogen and oxygen atoms in total. The second-order valence-electron chi connectivity index (χ2n) is 9.80. The van der Waals surface area contributed by atoms with Gasteiger partial charge in [0.1, 0.15) is 11.5 Å². The molecule has 0 aliphatic carbocycles. The van der Waals surface area contributed by atoms with Gasteiger partial charge in [0.15, 0.2) is 0 Å². The number of halogens is 3. The molecule has 0 unspecified atom stereocenters. The summed E-state index contributed by atoms with van der Waals surface area (Å²) >= 11 is 0. The number of nitrogens with zero attached hydrogens (tertiary/aromatic N) is 1. The SMILES string of the molecule is CCOC(=O)C[C@@H](c1ccc(OC)c(-c2cccc(OC(F)(F)F)c2)c1)N(Cc1ccccc1)[C@H](C)c1ccccc1. The smallest absolute Gasteiger partial charge is 0.496 e. The average molecular weight is 578 g/mol. The standard InChI is InChI=1S/C34H34F3NO4/c1-4-41-33(39)22-31(38(23-25-12-7-5-8-13-25)24(2)26-14-9-6-10-15-26)28-18-19-32(40-3)30(21-28)27-16-11-17-29(20-27)42-34(35,36)37/h5-21,24,31H,4,22-23H2,1-3H3/t24-,31+/m1/s1. The van der Waals surface area contributed by atoms with Crippen LogP contribution in [0.4, 0.5) is 13.2 Å². The Morgan fingerprint density at radius 1 is 0.857 bits per heavy atom. The Bertz CT molecular complexity index is 1440. The van der Waals surface area contributed by atoms with Crippen LogP contribution in [0.3, 0.4) is 0 Å². The molecule has 0 saturated heterocycles. The van der Waals surface area contributed by atoms with Gasteiger partial charge in [-0.1, -0.05) is 78.9 Å². The highest BCUT2D eigenvalue weighted by Gasteiger charge is 2.32. The highest BCUT2D eigenvalue weighted by molar-refractivity contribution is 5.74. The molecule has 0 spiro atoms. The van der Waals surface area contributed by atoms with Crippen molar-refractivity contribution < 1.29 is 32.2 Å². The summed E-state index contributed by atoms with van der Waals surface area (Å²) in [6, 6.07) is 30.8. The van der Waals surface area contributed by atoms with Crippen LogP contribution in [0.2, 0.25) is 0 Å². The first-order valence-electron chi connectivity index (χ1n) is 13.7. The summed E-state index contributed by atoms with van der Waals surface area (Å²) in [4.78, 5) is 15.2. The van der Waals surface area contributed by atoms with E-state index in [1.165, 1.54) is 25.3 Å². The minimum atomic E-state index is -4.82. The van der Waals surface area contributed by atoms with E-state index in [4.69, 9.17) is 9.47 Å². The zero-order valence-corrected chi connectivity index (χ0v) is 23.8. The lowest BCUT2D eigenvalue weighted by Crippen LogP contribution is -2.33. The van der Waals surface area contributed by atoms with Gasteiger partial charge < -0.3 is 14.2 Å². The highest BCUT2D eigenvalue weighted by atomic mass is 19.4. The van der Waals surface area contributed by atoms with Gasteiger partial charge in [-0.05, 0) is 60.4 Å². The van der Waals surface area contributed by atoms with Crippen LogP contribution < -0.4 is 9.47 Å². The number of hydrogen-bond acceptors (Lipinski definition) is 5. The first kappa shape index (κ1) is 30.7. The predicted octanol–water partition coefficient (Wildman–Crippen LogP) is 8.52. The van der Waals surface area contributed by atoms with Crippen molar-refractivity contribution in [2.24, 2.45) is 0 Å². The zero-order chi connectivity index (χ0) is 30.1. The minimum absolute atomic E-state index is 0.0703. The fraction of sp³-hybridized carbons (Fsp3) is 0.265. The number of esters is 1. The Morgan fingerprint density at radius 2 is 1.55 bits per heavy atom. The van der Waals surface area contributed by atoms with E-state index in [-0.39, 0.29) is 30.8 Å². The Labute approximate surface area is 244 Å². The molecule has 0 aliphatic rings. The Kier molecular flexibility index (Phi) is 10.3. The van der Waals surface area contributed by atoms with Gasteiger partial charge in [0, 0.05) is 24.2 Å². The molecule has 4 rings (SSSR count). The summed E-state index contributed by atoms with van der Waals surface area (Å²) in [5.41, 5.74) is 3.99. The number of methoxy groups -OCH3 is 1. The van der Waals surface area contributed by atoms with Crippen molar-refractivity contribution in [2.75, 3.05) is 13.7 Å². The van der Waals surface area contributed by atoms with Crippen LogP contribution in [0, 0.1) is 0 Å². The number of carbonyl (C=O) groups is 1. The second-order valence-corrected chi connectivity index (χ2v) is 9.80. The van der Waals surface area contributed by atoms with E-state index >= 15 is 0 Å². The molecule has 4 aromatic rings. The minimum Gasteiger partial charge on any atom is -0.496 e. The molecule has 42 heavy (non-hydrogen) atoms. The van der Waals surface area contributed by atoms with Crippen molar-refractivity contribution in [3.05, 3.63) is 120 Å². The highest BCUT2D eigenvalue weighted by Crippen LogP contribution is 2.40. The van der Waals surface area contributed by atoms with Gasteiger partial charge in [0.2, 0.25) is 0 Å². The van der Waals surface area contributed by atoms with Crippen molar-refractivity contribution in [1.82, 2.24) is 4.90 Å². The van der Waals surface area contributed by atoms with Gasteiger partial charge in [-0.2, -0.15) is 0 Å². The molecule has 0 radical (unpaired) electrons. The fourth-order valence-electron chi connectivity index (χ4n) is 5.06. The van der Waals surface area contributed by atoms with E-state index in [2.05, 4.69) is 28.7 Å². The van der Waals surface area contributed by atoms with Gasteiger partial charge >= 0.3 is 12.3 Å². The van der Waals surface area contributed by atoms with E-state index in [0.29, 0.717) is 23.4 Å². The molecule has 0 bridgehead atoms. The van der Waals surface area contributed by atoms with Crippen LogP contribution in [0.5, 0.6) is 11.5 Å². The topological polar surface area (TPSA) is 48.0 Å². The lowest BCUT2D eigenvalue weighted by atomic mass is 9.93. The molecule has 0 aliphatic heterocycles. The fourth-order valence-corrected chi connectivity index (χ4v) is 5.06. The molecule has 0 fully saturated rings. The average Bonchev–Trinajstić information content (AvgIpc) is 2.98. The zero-order valence-electron chi connectivity index (χ0n) is 23.8. The maximum atomic E-state index is 13.0. The van der Waals surface area contributed by atoms with E-state index in [0.717, 1.165) is 16.7 Å². The third kappa shape index (κ3) is 8.13. The monoisotopic (exact) mass is 577 g/mol. The first-order chi connectivity index (χ1) is 20.2. The summed E-state index contributed by atoms with van der Waals surface area (Å²) in [5.74, 6) is -0.207. The summed E-state index contributed by atoms with van der Waals surface area (Å²) in [5, 5.41) is 0. The van der Waals surface area contributed by atoms with E-state index in [1.807, 2.05) is 60.7 Å². The molecule has 0 N–H and O–H groups in total. The third-order valence-electron chi connectivity index (χ3n) is 7.04. The Morgan fingerprint density at radius 3 is 2.19 bits per heavy atom. The molecule has 0 aromatic heterocycles. The molecule has 2 atom stereocenters. The van der Waals surface area contributed by atoms with Gasteiger partial charge in [-0.3, -0.25) is 9.69 Å². The van der Waals surface area contributed by atoms with Crippen molar-refractivity contribution in [2.45, 2.75) is 45.3 Å². The second kappa shape index (κ2) is 14.0. The third-order valence-corrected chi connectivity index (χ3v) is 7.04. The maximum Gasteiger partial charge on any atom is 0.573 e. The maximum absolute atomic E-state index is 13.0. The predicted molar refractivity (Wildman–Crippen MR) is 156 cm³/mol. The molecule has 0 heterocycles. The normalized spacial score (nSPS) is 12.9. The molecule has 4 aromatic carbocycles. The van der Waals surface area contributed by atoms with Crippen molar-refractivity contribution in [3.63, 3.8) is 0 Å². The van der Waals surface area contributed by atoms with Crippen molar-refractivity contribution in [3.8, 4) is 22.6 Å². The number of benzene rings is 4. The van der Waals surface area contributed by atoms with E-state index < -0.39 is 12.4 Å². The van der Waals surface area contributed by atoms with Gasteiger partial charge in [-0.25, -0.2) is 0 Å². The first-order valence-corrected chi connectivity index (χ1v) is 13.7. The summed E-state index contributed by atoms with van der Waals surface area (Å²) in [6.45, 7) is 4.65. The molecular weight excluding hydrogens is 543 g/mol. The molecule has 8 heteroatoms. The van der Waals surface area contributed by atoms with E-state index in [1.54, 1.807) is 19.1 Å². The largest absolute Gasteiger partial charge is 0.573 e. The van der Waals surface area contributed by atoms with Gasteiger partial charge in [0.25, 0.3) is 0 Å². The van der Waals surface area contributed by atoms with Crippen LogP contribution in [0.25, 0.3) is 11.1 Å². The molecular formula is C34H34F3NO4. The number of ether oxygens (including phenoxy) is 3. The van der Waals surface area contributed by atoms with Crippen LogP contribution in [-0.4, -0.2) is 30.9 Å². The number of rotatable bonds is 12. The Balaban J connectivity index is 1.83. The molecule has 220 valence electrons. The van der Waals surface area contributed by atoms with Crippen LogP contribution in [-0.2, 0) is 16.1 Å². The van der Waals surface area contributed by atoms with Gasteiger partial charge in [0.05, 0.1) is 20.1 Å². The number of carbonyl (C=O) groups excluding carboxylic acids is 1.